The molecule has 2 amide bonds. The normalized spacial score (nSPS) is 18.7. The van der Waals surface area contributed by atoms with Crippen LogP contribution in [0.25, 0.3) is 0 Å². The maximum absolute atomic E-state index is 13.3. The van der Waals surface area contributed by atoms with Crippen molar-refractivity contribution >= 4 is 55.0 Å². The number of carbonyl (C=O) groups excluding carboxylic acids is 2. The van der Waals surface area contributed by atoms with Crippen molar-refractivity contribution in [3.63, 3.8) is 0 Å². The number of carbonyl (C=O) groups is 2. The number of aryl methyl sites for hydroxylation is 2. The molecule has 0 aliphatic carbocycles. The summed E-state index contributed by atoms with van der Waals surface area (Å²) in [5, 5.41) is 27.3. The largest absolute Gasteiger partial charge is 0.508 e. The number of anilines is 2. The number of amides is 2. The Kier molecular flexibility index (Phi) is 8.62. The molecular formula is C42H32Br2N2O4. The Bertz CT molecular complexity index is 2130. The van der Waals surface area contributed by atoms with Gasteiger partial charge in [-0.05, 0) is 81.1 Å². The summed E-state index contributed by atoms with van der Waals surface area (Å²) in [6.45, 7) is 3.91. The highest BCUT2D eigenvalue weighted by atomic mass is 79.9. The molecule has 2 aliphatic rings. The van der Waals surface area contributed by atoms with Gasteiger partial charge < -0.3 is 20.8 Å². The second-order valence-electron chi connectivity index (χ2n) is 12.5. The predicted molar refractivity (Wildman–Crippen MR) is 204 cm³/mol. The van der Waals surface area contributed by atoms with Crippen molar-refractivity contribution in [3.05, 3.63) is 187 Å². The summed E-state index contributed by atoms with van der Waals surface area (Å²) in [5.74, 6) is -0.113. The summed E-state index contributed by atoms with van der Waals surface area (Å²) >= 11 is 7.05. The lowest BCUT2D eigenvalue weighted by Gasteiger charge is -2.30. The van der Waals surface area contributed by atoms with Gasteiger partial charge in [0, 0.05) is 31.2 Å². The van der Waals surface area contributed by atoms with Crippen LogP contribution in [0.2, 0.25) is 0 Å². The van der Waals surface area contributed by atoms with Crippen molar-refractivity contribution in [2.24, 2.45) is 0 Å². The first-order valence-electron chi connectivity index (χ1n) is 16.0. The molecule has 248 valence electrons. The lowest BCUT2D eigenvalue weighted by molar-refractivity contribution is -0.119. The SMILES string of the molecule is Cc1ccc(O)c([C@@]2(c3ccccc3)C(=O)Nc3c(Br)cccc32)c1.Cc1ccc(O)c([C@@]2(c3ccccc3)C(=O)Nc3c(Br)cccc32)c1. The fraction of sp³-hybridized carbons (Fsp3) is 0.0952. The van der Waals surface area contributed by atoms with Crippen LogP contribution < -0.4 is 10.6 Å². The average Bonchev–Trinajstić information content (AvgIpc) is 3.60. The minimum absolute atomic E-state index is 0.109. The zero-order chi connectivity index (χ0) is 35.2. The highest BCUT2D eigenvalue weighted by molar-refractivity contribution is 9.11. The van der Waals surface area contributed by atoms with Crippen molar-refractivity contribution in [3.8, 4) is 11.5 Å². The van der Waals surface area contributed by atoms with Crippen molar-refractivity contribution in [1.29, 1.82) is 0 Å². The minimum atomic E-state index is -1.09. The van der Waals surface area contributed by atoms with E-state index in [1.807, 2.05) is 135 Å². The highest BCUT2D eigenvalue weighted by Gasteiger charge is 2.53. The van der Waals surface area contributed by atoms with E-state index in [0.717, 1.165) is 53.7 Å². The number of hydrogen-bond donors (Lipinski definition) is 4. The molecule has 6 nitrogen and oxygen atoms in total. The van der Waals surface area contributed by atoms with Gasteiger partial charge in [0.15, 0.2) is 0 Å². The van der Waals surface area contributed by atoms with Gasteiger partial charge in [0.25, 0.3) is 0 Å². The summed E-state index contributed by atoms with van der Waals surface area (Å²) in [6.07, 6.45) is 0. The van der Waals surface area contributed by atoms with E-state index in [2.05, 4.69) is 42.5 Å². The molecule has 4 N–H and O–H groups in total. The Morgan fingerprint density at radius 2 is 0.860 bits per heavy atom. The average molecular weight is 789 g/mol. The fourth-order valence-electron chi connectivity index (χ4n) is 7.28. The molecule has 2 heterocycles. The van der Waals surface area contributed by atoms with Crippen LogP contribution in [0.4, 0.5) is 11.4 Å². The van der Waals surface area contributed by atoms with Crippen LogP contribution in [0.15, 0.2) is 142 Å². The molecule has 0 radical (unpaired) electrons. The number of aromatic hydroxyl groups is 2. The van der Waals surface area contributed by atoms with Gasteiger partial charge in [0.05, 0.1) is 11.4 Å². The van der Waals surface area contributed by atoms with E-state index in [1.165, 1.54) is 0 Å². The third-order valence-electron chi connectivity index (χ3n) is 9.52. The van der Waals surface area contributed by atoms with Crippen LogP contribution >= 0.6 is 31.9 Å². The van der Waals surface area contributed by atoms with Gasteiger partial charge in [-0.25, -0.2) is 0 Å². The molecule has 0 spiro atoms. The Balaban J connectivity index is 0.000000157. The Labute approximate surface area is 307 Å². The van der Waals surface area contributed by atoms with E-state index in [0.29, 0.717) is 11.1 Å². The Morgan fingerprint density at radius 3 is 1.24 bits per heavy atom. The standard InChI is InChI=1S/2C21H16BrNO2/c2*1-13-10-11-18(24)16(12-13)21(14-6-3-2-4-7-14)15-8-5-9-17(22)19(15)23-20(21)25/h2*2-12,24H,1H3,(H,23,25)/t2*21-/m00/s1. The molecule has 0 saturated carbocycles. The van der Waals surface area contributed by atoms with Gasteiger partial charge >= 0.3 is 0 Å². The number of fused-ring (bicyclic) bond motifs is 2. The van der Waals surface area contributed by atoms with Gasteiger partial charge in [-0.3, -0.25) is 9.59 Å². The zero-order valence-corrected chi connectivity index (χ0v) is 30.3. The third-order valence-corrected chi connectivity index (χ3v) is 10.8. The lowest BCUT2D eigenvalue weighted by atomic mass is 9.69. The van der Waals surface area contributed by atoms with Crippen molar-refractivity contribution in [2.45, 2.75) is 24.7 Å². The van der Waals surface area contributed by atoms with Crippen molar-refractivity contribution < 1.29 is 19.8 Å². The molecule has 0 aromatic heterocycles. The molecule has 50 heavy (non-hydrogen) atoms. The molecule has 8 rings (SSSR count). The molecule has 6 aromatic rings. The van der Waals surface area contributed by atoms with Crippen molar-refractivity contribution in [1.82, 2.24) is 0 Å². The number of benzene rings is 6. The highest BCUT2D eigenvalue weighted by Crippen LogP contribution is 2.53. The smallest absolute Gasteiger partial charge is 0.244 e. The molecule has 0 unspecified atom stereocenters. The van der Waals surface area contributed by atoms with Crippen LogP contribution in [0.3, 0.4) is 0 Å². The minimum Gasteiger partial charge on any atom is -0.508 e. The number of phenolic OH excluding ortho intramolecular Hbond substituents is 2. The first-order valence-corrected chi connectivity index (χ1v) is 17.6. The monoisotopic (exact) mass is 786 g/mol. The third kappa shape index (κ3) is 5.13. The van der Waals surface area contributed by atoms with Crippen molar-refractivity contribution in [2.75, 3.05) is 10.6 Å². The first-order chi connectivity index (χ1) is 24.1. The number of halogens is 2. The van der Waals surface area contributed by atoms with Crippen LogP contribution in [-0.4, -0.2) is 22.0 Å². The summed E-state index contributed by atoms with van der Waals surface area (Å²) < 4.78 is 1.64. The van der Waals surface area contributed by atoms with Crippen LogP contribution in [0.5, 0.6) is 11.5 Å². The lowest BCUT2D eigenvalue weighted by Crippen LogP contribution is -2.37. The van der Waals surface area contributed by atoms with Crippen LogP contribution in [-0.2, 0) is 20.4 Å². The predicted octanol–water partition coefficient (Wildman–Crippen LogP) is 9.50. The summed E-state index contributed by atoms with van der Waals surface area (Å²) in [6, 6.07) is 41.4. The number of hydrogen-bond acceptors (Lipinski definition) is 4. The van der Waals surface area contributed by atoms with E-state index in [4.69, 9.17) is 0 Å². The second kappa shape index (κ2) is 12.9. The number of rotatable bonds is 4. The molecular weight excluding hydrogens is 756 g/mol. The second-order valence-corrected chi connectivity index (χ2v) is 14.2. The van der Waals surface area contributed by atoms with Gasteiger partial charge in [-0.2, -0.15) is 0 Å². The zero-order valence-electron chi connectivity index (χ0n) is 27.2. The number of phenols is 2. The molecule has 6 aromatic carbocycles. The molecule has 2 aliphatic heterocycles. The van der Waals surface area contributed by atoms with Crippen LogP contribution in [0, 0.1) is 13.8 Å². The van der Waals surface area contributed by atoms with E-state index in [9.17, 15) is 19.8 Å². The summed E-state index contributed by atoms with van der Waals surface area (Å²) in [4.78, 5) is 26.7. The van der Waals surface area contributed by atoms with E-state index < -0.39 is 10.8 Å². The Hall–Kier alpha value is -5.18. The maximum atomic E-state index is 13.3. The van der Waals surface area contributed by atoms with E-state index in [-0.39, 0.29) is 23.3 Å². The molecule has 0 saturated heterocycles. The van der Waals surface area contributed by atoms with Gasteiger partial charge in [-0.1, -0.05) is 120 Å². The first kappa shape index (κ1) is 33.3. The number of para-hydroxylation sites is 2. The number of nitrogens with one attached hydrogen (secondary N) is 2. The summed E-state index contributed by atoms with van der Waals surface area (Å²) in [7, 11) is 0. The topological polar surface area (TPSA) is 98.7 Å². The molecule has 0 fully saturated rings. The Morgan fingerprint density at radius 1 is 0.480 bits per heavy atom. The van der Waals surface area contributed by atoms with E-state index in [1.54, 1.807) is 12.1 Å². The van der Waals surface area contributed by atoms with E-state index >= 15 is 0 Å². The molecule has 2 atom stereocenters. The molecule has 8 heteroatoms. The van der Waals surface area contributed by atoms with Gasteiger partial charge in [-0.15, -0.1) is 0 Å². The van der Waals surface area contributed by atoms with Crippen LogP contribution in [0.1, 0.15) is 44.5 Å². The molecule has 0 bridgehead atoms. The fourth-order valence-corrected chi connectivity index (χ4v) is 8.21. The quantitative estimate of drug-likeness (QED) is 0.143. The maximum Gasteiger partial charge on any atom is 0.244 e. The van der Waals surface area contributed by atoms with Gasteiger partial charge in [0.2, 0.25) is 11.8 Å². The summed E-state index contributed by atoms with van der Waals surface area (Å²) in [5.41, 5.74) is 5.79. The van der Waals surface area contributed by atoms with Gasteiger partial charge in [0.1, 0.15) is 22.3 Å².